The molecule has 0 saturated heterocycles. The van der Waals surface area contributed by atoms with E-state index in [0.717, 1.165) is 31.6 Å². The fourth-order valence-electron chi connectivity index (χ4n) is 2.62. The number of nitrogens with zero attached hydrogens (tertiary/aromatic N) is 2. The second-order valence-electron chi connectivity index (χ2n) is 5.47. The van der Waals surface area contributed by atoms with Crippen molar-refractivity contribution in [1.29, 1.82) is 0 Å². The van der Waals surface area contributed by atoms with Crippen LogP contribution < -0.4 is 5.73 Å². The van der Waals surface area contributed by atoms with E-state index >= 15 is 0 Å². The Bertz CT molecular complexity index is 355. The fourth-order valence-corrected chi connectivity index (χ4v) is 2.62. The number of rotatable bonds is 4. The van der Waals surface area contributed by atoms with Crippen LogP contribution in [-0.4, -0.2) is 10.1 Å². The summed E-state index contributed by atoms with van der Waals surface area (Å²) in [4.78, 5) is 4.52. The SMILES string of the molecule is CCCC(N)c1noc(C2(C)CCCCC2)n1. The molecular formula is C13H23N3O. The minimum atomic E-state index is -0.0790. The predicted octanol–water partition coefficient (Wildman–Crippen LogP) is 3.09. The van der Waals surface area contributed by atoms with E-state index in [4.69, 9.17) is 10.3 Å². The van der Waals surface area contributed by atoms with Gasteiger partial charge in [-0.3, -0.25) is 0 Å². The molecule has 2 N–H and O–H groups in total. The first-order valence-electron chi connectivity index (χ1n) is 6.75. The van der Waals surface area contributed by atoms with Gasteiger partial charge in [0.25, 0.3) is 0 Å². The molecular weight excluding hydrogens is 214 g/mol. The molecule has 2 rings (SSSR count). The lowest BCUT2D eigenvalue weighted by Gasteiger charge is -2.29. The normalized spacial score (nSPS) is 21.4. The van der Waals surface area contributed by atoms with Crippen LogP contribution in [0.2, 0.25) is 0 Å². The lowest BCUT2D eigenvalue weighted by atomic mass is 9.75. The Morgan fingerprint density at radius 1 is 1.35 bits per heavy atom. The van der Waals surface area contributed by atoms with Gasteiger partial charge in [-0.2, -0.15) is 4.98 Å². The Morgan fingerprint density at radius 2 is 2.06 bits per heavy atom. The Labute approximate surface area is 103 Å². The predicted molar refractivity (Wildman–Crippen MR) is 66.6 cm³/mol. The summed E-state index contributed by atoms with van der Waals surface area (Å²) in [5.74, 6) is 1.47. The summed E-state index contributed by atoms with van der Waals surface area (Å²) in [5, 5.41) is 4.04. The number of hydrogen-bond donors (Lipinski definition) is 1. The number of hydrogen-bond acceptors (Lipinski definition) is 4. The summed E-state index contributed by atoms with van der Waals surface area (Å²) in [5.41, 5.74) is 6.09. The van der Waals surface area contributed by atoms with Crippen molar-refractivity contribution in [1.82, 2.24) is 10.1 Å². The van der Waals surface area contributed by atoms with Crippen molar-refractivity contribution in [2.45, 2.75) is 70.3 Å². The van der Waals surface area contributed by atoms with Crippen LogP contribution in [0.1, 0.15) is 76.6 Å². The molecule has 1 unspecified atom stereocenters. The van der Waals surface area contributed by atoms with E-state index in [1.165, 1.54) is 19.3 Å². The number of nitrogens with two attached hydrogens (primary N) is 1. The van der Waals surface area contributed by atoms with Crippen molar-refractivity contribution in [2.75, 3.05) is 0 Å². The van der Waals surface area contributed by atoms with Gasteiger partial charge < -0.3 is 10.3 Å². The lowest BCUT2D eigenvalue weighted by molar-refractivity contribution is 0.231. The molecule has 1 atom stereocenters. The van der Waals surface area contributed by atoms with Gasteiger partial charge >= 0.3 is 0 Å². The van der Waals surface area contributed by atoms with Gasteiger partial charge in [-0.25, -0.2) is 0 Å². The maximum atomic E-state index is 6.01. The minimum Gasteiger partial charge on any atom is -0.339 e. The molecule has 0 spiro atoms. The molecule has 0 aromatic carbocycles. The molecule has 1 aromatic heterocycles. The fraction of sp³-hybridized carbons (Fsp3) is 0.846. The van der Waals surface area contributed by atoms with Crippen molar-refractivity contribution in [3.05, 3.63) is 11.7 Å². The molecule has 1 aromatic rings. The van der Waals surface area contributed by atoms with Crippen LogP contribution in [0, 0.1) is 0 Å². The molecule has 0 aliphatic heterocycles. The highest BCUT2D eigenvalue weighted by Crippen LogP contribution is 2.38. The highest BCUT2D eigenvalue weighted by Gasteiger charge is 2.34. The highest BCUT2D eigenvalue weighted by atomic mass is 16.5. The molecule has 1 fully saturated rings. The lowest BCUT2D eigenvalue weighted by Crippen LogP contribution is -2.25. The van der Waals surface area contributed by atoms with Crippen LogP contribution in [0.4, 0.5) is 0 Å². The van der Waals surface area contributed by atoms with Crippen molar-refractivity contribution in [3.8, 4) is 0 Å². The average molecular weight is 237 g/mol. The Hall–Kier alpha value is -0.900. The molecule has 0 amide bonds. The summed E-state index contributed by atoms with van der Waals surface area (Å²) in [6.45, 7) is 4.35. The first-order chi connectivity index (χ1) is 8.15. The monoisotopic (exact) mass is 237 g/mol. The summed E-state index contributed by atoms with van der Waals surface area (Å²) in [6.07, 6.45) is 8.10. The van der Waals surface area contributed by atoms with E-state index in [1.54, 1.807) is 0 Å². The quantitative estimate of drug-likeness (QED) is 0.874. The standard InChI is InChI=1S/C13H23N3O/c1-3-7-10(14)11-15-12(17-16-11)13(2)8-5-4-6-9-13/h10H,3-9,14H2,1-2H3. The molecule has 1 saturated carbocycles. The Kier molecular flexibility index (Phi) is 3.82. The van der Waals surface area contributed by atoms with Gasteiger partial charge in [-0.15, -0.1) is 0 Å². The largest absolute Gasteiger partial charge is 0.339 e. The third-order valence-electron chi connectivity index (χ3n) is 3.85. The van der Waals surface area contributed by atoms with E-state index < -0.39 is 0 Å². The van der Waals surface area contributed by atoms with Crippen molar-refractivity contribution in [2.24, 2.45) is 5.73 Å². The van der Waals surface area contributed by atoms with Crippen molar-refractivity contribution < 1.29 is 4.52 Å². The molecule has 0 bridgehead atoms. The summed E-state index contributed by atoms with van der Waals surface area (Å²) < 4.78 is 5.43. The van der Waals surface area contributed by atoms with E-state index in [-0.39, 0.29) is 11.5 Å². The third-order valence-corrected chi connectivity index (χ3v) is 3.85. The van der Waals surface area contributed by atoms with Gasteiger partial charge in [0, 0.05) is 5.41 Å². The average Bonchev–Trinajstić information content (AvgIpc) is 2.80. The Morgan fingerprint density at radius 3 is 2.71 bits per heavy atom. The number of aromatic nitrogens is 2. The van der Waals surface area contributed by atoms with E-state index in [0.29, 0.717) is 5.82 Å². The van der Waals surface area contributed by atoms with Crippen molar-refractivity contribution >= 4 is 0 Å². The van der Waals surface area contributed by atoms with Crippen LogP contribution in [0.3, 0.4) is 0 Å². The maximum Gasteiger partial charge on any atom is 0.232 e. The smallest absolute Gasteiger partial charge is 0.232 e. The molecule has 1 heterocycles. The van der Waals surface area contributed by atoms with Crippen LogP contribution in [0.15, 0.2) is 4.52 Å². The Balaban J connectivity index is 2.11. The van der Waals surface area contributed by atoms with E-state index in [2.05, 4.69) is 24.0 Å². The second-order valence-corrected chi connectivity index (χ2v) is 5.47. The van der Waals surface area contributed by atoms with Gasteiger partial charge in [-0.1, -0.05) is 44.7 Å². The van der Waals surface area contributed by atoms with Gasteiger partial charge in [0.15, 0.2) is 5.82 Å². The van der Waals surface area contributed by atoms with Crippen LogP contribution in [-0.2, 0) is 5.41 Å². The van der Waals surface area contributed by atoms with Crippen LogP contribution in [0.5, 0.6) is 0 Å². The first-order valence-corrected chi connectivity index (χ1v) is 6.75. The summed E-state index contributed by atoms with van der Waals surface area (Å²) in [7, 11) is 0. The molecule has 96 valence electrons. The van der Waals surface area contributed by atoms with E-state index in [1.807, 2.05) is 0 Å². The van der Waals surface area contributed by atoms with Crippen LogP contribution in [0.25, 0.3) is 0 Å². The van der Waals surface area contributed by atoms with E-state index in [9.17, 15) is 0 Å². The topological polar surface area (TPSA) is 64.9 Å². The zero-order valence-electron chi connectivity index (χ0n) is 10.9. The molecule has 0 radical (unpaired) electrons. The minimum absolute atomic E-state index is 0.0788. The van der Waals surface area contributed by atoms with Crippen molar-refractivity contribution in [3.63, 3.8) is 0 Å². The second kappa shape index (κ2) is 5.17. The van der Waals surface area contributed by atoms with Crippen LogP contribution >= 0.6 is 0 Å². The van der Waals surface area contributed by atoms with Gasteiger partial charge in [0.2, 0.25) is 5.89 Å². The maximum absolute atomic E-state index is 6.01. The molecule has 1 aliphatic carbocycles. The molecule has 4 nitrogen and oxygen atoms in total. The zero-order chi connectivity index (χ0) is 12.3. The first kappa shape index (κ1) is 12.6. The summed E-state index contributed by atoms with van der Waals surface area (Å²) >= 11 is 0. The third kappa shape index (κ3) is 2.68. The van der Waals surface area contributed by atoms with Gasteiger partial charge in [0.1, 0.15) is 0 Å². The highest BCUT2D eigenvalue weighted by molar-refractivity contribution is 5.06. The molecule has 1 aliphatic rings. The summed E-state index contributed by atoms with van der Waals surface area (Å²) in [6, 6.07) is -0.0790. The van der Waals surface area contributed by atoms with Gasteiger partial charge in [0.05, 0.1) is 6.04 Å². The van der Waals surface area contributed by atoms with Gasteiger partial charge in [-0.05, 0) is 19.3 Å². The molecule has 17 heavy (non-hydrogen) atoms. The zero-order valence-corrected chi connectivity index (χ0v) is 10.9. The molecule has 4 heteroatoms.